The maximum Gasteiger partial charge on any atom is 0.339 e. The minimum absolute atomic E-state index is 0.0122. The molecular formula is C11H9ClFNO3S. The van der Waals surface area contributed by atoms with Crippen LogP contribution in [0.25, 0.3) is 0 Å². The van der Waals surface area contributed by atoms with E-state index >= 15 is 0 Å². The van der Waals surface area contributed by atoms with E-state index in [4.69, 9.17) is 21.1 Å². The van der Waals surface area contributed by atoms with Gasteiger partial charge in [-0.25, -0.2) is 9.18 Å². The van der Waals surface area contributed by atoms with Crippen LogP contribution < -0.4 is 0 Å². The summed E-state index contributed by atoms with van der Waals surface area (Å²) in [5.74, 6) is -1.37. The molecule has 0 fully saturated rings. The van der Waals surface area contributed by atoms with Crippen molar-refractivity contribution in [1.82, 2.24) is 0 Å². The third kappa shape index (κ3) is 3.85. The molecule has 1 aromatic carbocycles. The molecule has 4 nitrogen and oxygen atoms in total. The number of methoxy groups -OCH3 is 1. The van der Waals surface area contributed by atoms with Gasteiger partial charge in [-0.2, -0.15) is 4.99 Å². The highest BCUT2D eigenvalue weighted by molar-refractivity contribution is 7.78. The first kappa shape index (κ1) is 14.7. The van der Waals surface area contributed by atoms with Crippen molar-refractivity contribution in [1.29, 1.82) is 0 Å². The van der Waals surface area contributed by atoms with Crippen molar-refractivity contribution in [2.75, 3.05) is 20.3 Å². The van der Waals surface area contributed by atoms with Crippen LogP contribution in [0.4, 0.5) is 10.1 Å². The molecular weight excluding hydrogens is 281 g/mol. The van der Waals surface area contributed by atoms with E-state index in [-0.39, 0.29) is 29.5 Å². The lowest BCUT2D eigenvalue weighted by molar-refractivity contribution is 0.0388. The Balaban J connectivity index is 2.97. The van der Waals surface area contributed by atoms with Gasteiger partial charge < -0.3 is 9.47 Å². The number of hydrogen-bond acceptors (Lipinski definition) is 5. The van der Waals surface area contributed by atoms with Crippen LogP contribution in [0.3, 0.4) is 0 Å². The molecule has 0 unspecified atom stereocenters. The molecule has 0 heterocycles. The number of carbonyl (C=O) groups excluding carboxylic acids is 1. The SMILES string of the molecule is COCCOC(=O)c1cc(N=C=S)c(F)cc1Cl. The van der Waals surface area contributed by atoms with Crippen molar-refractivity contribution in [2.24, 2.45) is 4.99 Å². The number of isothiocyanates is 1. The Morgan fingerprint density at radius 1 is 1.56 bits per heavy atom. The summed E-state index contributed by atoms with van der Waals surface area (Å²) in [7, 11) is 1.48. The van der Waals surface area contributed by atoms with Gasteiger partial charge in [-0.05, 0) is 24.4 Å². The first-order chi connectivity index (χ1) is 8.60. The highest BCUT2D eigenvalue weighted by atomic mass is 35.5. The normalized spacial score (nSPS) is 9.72. The molecule has 96 valence electrons. The van der Waals surface area contributed by atoms with Crippen LogP contribution in [0.15, 0.2) is 17.1 Å². The molecule has 0 saturated carbocycles. The first-order valence-corrected chi connectivity index (χ1v) is 5.61. The average Bonchev–Trinajstić information content (AvgIpc) is 2.33. The minimum atomic E-state index is -0.689. The maximum absolute atomic E-state index is 13.4. The zero-order valence-electron chi connectivity index (χ0n) is 9.41. The predicted octanol–water partition coefficient (Wildman–Crippen LogP) is 3.02. The van der Waals surface area contributed by atoms with Gasteiger partial charge in [0.15, 0.2) is 5.82 Å². The highest BCUT2D eigenvalue weighted by Crippen LogP contribution is 2.26. The molecule has 0 aliphatic rings. The fourth-order valence-corrected chi connectivity index (χ4v) is 1.45. The summed E-state index contributed by atoms with van der Waals surface area (Å²) in [5.41, 5.74) is -0.105. The molecule has 0 aliphatic carbocycles. The van der Waals surface area contributed by atoms with E-state index < -0.39 is 11.8 Å². The van der Waals surface area contributed by atoms with E-state index in [0.717, 1.165) is 12.1 Å². The Kier molecular flexibility index (Phi) is 5.88. The van der Waals surface area contributed by atoms with Gasteiger partial charge in [0.25, 0.3) is 0 Å². The number of ether oxygens (including phenoxy) is 2. The fraction of sp³-hybridized carbons (Fsp3) is 0.273. The molecule has 0 radical (unpaired) electrons. The van der Waals surface area contributed by atoms with Crippen molar-refractivity contribution in [3.63, 3.8) is 0 Å². The molecule has 0 aliphatic heterocycles. The van der Waals surface area contributed by atoms with Crippen molar-refractivity contribution < 1.29 is 18.7 Å². The lowest BCUT2D eigenvalue weighted by Crippen LogP contribution is -2.10. The molecule has 0 N–H and O–H groups in total. The summed E-state index contributed by atoms with van der Waals surface area (Å²) in [6, 6.07) is 2.13. The van der Waals surface area contributed by atoms with E-state index in [1.54, 1.807) is 0 Å². The van der Waals surface area contributed by atoms with Gasteiger partial charge in [-0.3, -0.25) is 0 Å². The van der Waals surface area contributed by atoms with Crippen LogP contribution in [-0.4, -0.2) is 31.5 Å². The number of esters is 1. The van der Waals surface area contributed by atoms with Gasteiger partial charge >= 0.3 is 5.97 Å². The molecule has 0 atom stereocenters. The molecule has 7 heteroatoms. The largest absolute Gasteiger partial charge is 0.460 e. The number of thiocarbonyl (C=S) groups is 1. The van der Waals surface area contributed by atoms with Gasteiger partial charge in [0, 0.05) is 7.11 Å². The highest BCUT2D eigenvalue weighted by Gasteiger charge is 2.15. The molecule has 0 spiro atoms. The standard InChI is InChI=1S/C11H9ClFNO3S/c1-16-2-3-17-11(15)7-4-10(14-6-18)9(13)5-8(7)12/h4-5H,2-3H2,1H3. The average molecular weight is 290 g/mol. The van der Waals surface area contributed by atoms with Crippen LogP contribution in [0.1, 0.15) is 10.4 Å². The Labute approximate surface area is 113 Å². The number of aliphatic imine (C=N–C) groups is 1. The number of rotatable bonds is 5. The number of halogens is 2. The van der Waals surface area contributed by atoms with Gasteiger partial charge in [0.05, 0.1) is 22.4 Å². The van der Waals surface area contributed by atoms with Crippen LogP contribution in [0, 0.1) is 5.82 Å². The summed E-state index contributed by atoms with van der Waals surface area (Å²) in [4.78, 5) is 15.1. The van der Waals surface area contributed by atoms with Gasteiger partial charge in [-0.1, -0.05) is 11.6 Å². The summed E-state index contributed by atoms with van der Waals surface area (Å²) in [6.45, 7) is 0.338. The third-order valence-corrected chi connectivity index (χ3v) is 2.35. The maximum atomic E-state index is 13.4. The second-order valence-electron chi connectivity index (χ2n) is 3.12. The molecule has 18 heavy (non-hydrogen) atoms. The quantitative estimate of drug-likeness (QED) is 0.362. The number of carbonyl (C=O) groups is 1. The van der Waals surface area contributed by atoms with E-state index in [0.29, 0.717) is 0 Å². The molecule has 0 aromatic heterocycles. The molecule has 0 saturated heterocycles. The first-order valence-electron chi connectivity index (χ1n) is 4.83. The topological polar surface area (TPSA) is 47.9 Å². The number of nitrogens with zero attached hydrogens (tertiary/aromatic N) is 1. The zero-order valence-corrected chi connectivity index (χ0v) is 11.0. The molecule has 1 rings (SSSR count). The van der Waals surface area contributed by atoms with E-state index in [9.17, 15) is 9.18 Å². The smallest absolute Gasteiger partial charge is 0.339 e. The van der Waals surface area contributed by atoms with Crippen molar-refractivity contribution in [3.05, 3.63) is 28.5 Å². The van der Waals surface area contributed by atoms with Crippen molar-refractivity contribution in [3.8, 4) is 0 Å². The number of hydrogen-bond donors (Lipinski definition) is 0. The summed E-state index contributed by atoms with van der Waals surface area (Å²) in [5, 5.41) is 1.96. The Hall–Kier alpha value is -1.33. The van der Waals surface area contributed by atoms with Crippen molar-refractivity contribution >= 4 is 40.6 Å². The second-order valence-corrected chi connectivity index (χ2v) is 3.71. The van der Waals surface area contributed by atoms with E-state index in [1.165, 1.54) is 7.11 Å². The molecule has 1 aromatic rings. The zero-order chi connectivity index (χ0) is 13.5. The van der Waals surface area contributed by atoms with Crippen LogP contribution in [0.2, 0.25) is 5.02 Å². The van der Waals surface area contributed by atoms with Crippen LogP contribution in [-0.2, 0) is 9.47 Å². The monoisotopic (exact) mass is 289 g/mol. The fourth-order valence-electron chi connectivity index (χ4n) is 1.12. The summed E-state index contributed by atoms with van der Waals surface area (Å²) < 4.78 is 22.9. The molecule has 0 bridgehead atoms. The van der Waals surface area contributed by atoms with Crippen molar-refractivity contribution in [2.45, 2.75) is 0 Å². The van der Waals surface area contributed by atoms with E-state index in [2.05, 4.69) is 17.2 Å². The van der Waals surface area contributed by atoms with Gasteiger partial charge in [0.1, 0.15) is 12.3 Å². The summed E-state index contributed by atoms with van der Waals surface area (Å²) >= 11 is 10.1. The number of benzene rings is 1. The van der Waals surface area contributed by atoms with Crippen LogP contribution >= 0.6 is 23.8 Å². The third-order valence-electron chi connectivity index (χ3n) is 1.94. The Morgan fingerprint density at radius 2 is 2.28 bits per heavy atom. The second kappa shape index (κ2) is 7.18. The van der Waals surface area contributed by atoms with Gasteiger partial charge in [-0.15, -0.1) is 0 Å². The van der Waals surface area contributed by atoms with Crippen LogP contribution in [0.5, 0.6) is 0 Å². The minimum Gasteiger partial charge on any atom is -0.460 e. The summed E-state index contributed by atoms with van der Waals surface area (Å²) in [6.07, 6.45) is 0. The Bertz CT molecular complexity index is 503. The van der Waals surface area contributed by atoms with E-state index in [1.807, 2.05) is 5.16 Å². The predicted molar refractivity (Wildman–Crippen MR) is 68.3 cm³/mol. The lowest BCUT2D eigenvalue weighted by Gasteiger charge is -2.06. The Morgan fingerprint density at radius 3 is 2.89 bits per heavy atom. The lowest BCUT2D eigenvalue weighted by atomic mass is 10.2. The van der Waals surface area contributed by atoms with Gasteiger partial charge in [0.2, 0.25) is 0 Å². The molecule has 0 amide bonds.